The minimum Gasteiger partial charge on any atom is -0.327 e. The number of nitrogens with two attached hydrogens (primary N) is 1. The Balaban J connectivity index is 2.13. The smallest absolute Gasteiger partial charge is 0.150 e. The number of aromatic nitrogens is 2. The van der Waals surface area contributed by atoms with Crippen molar-refractivity contribution in [3.8, 4) is 0 Å². The molecule has 0 saturated carbocycles. The number of nitrogens with zero attached hydrogens (tertiary/aromatic N) is 2. The summed E-state index contributed by atoms with van der Waals surface area (Å²) in [5, 5.41) is 4.43. The highest BCUT2D eigenvalue weighted by atomic mass is 79.9. The maximum atomic E-state index is 11.5. The van der Waals surface area contributed by atoms with Crippen molar-refractivity contribution in [2.75, 3.05) is 11.5 Å². The fourth-order valence-corrected chi connectivity index (χ4v) is 4.96. The largest absolute Gasteiger partial charge is 0.327 e. The summed E-state index contributed by atoms with van der Waals surface area (Å²) in [6, 6.07) is -0.130. The van der Waals surface area contributed by atoms with Gasteiger partial charge in [0.15, 0.2) is 9.84 Å². The lowest BCUT2D eigenvalue weighted by atomic mass is 9.96. The van der Waals surface area contributed by atoms with Crippen LogP contribution in [0, 0.1) is 12.8 Å². The number of aryl methyl sites for hydroxylation is 2. The lowest BCUT2D eigenvalue weighted by Gasteiger charge is -2.18. The van der Waals surface area contributed by atoms with Gasteiger partial charge in [0.1, 0.15) is 0 Å². The zero-order valence-electron chi connectivity index (χ0n) is 11.3. The van der Waals surface area contributed by atoms with Crippen molar-refractivity contribution >= 4 is 25.8 Å². The van der Waals surface area contributed by atoms with Crippen LogP contribution in [0.3, 0.4) is 0 Å². The zero-order chi connectivity index (χ0) is 14.2. The molecule has 1 fully saturated rings. The molecule has 5 nitrogen and oxygen atoms in total. The van der Waals surface area contributed by atoms with Gasteiger partial charge in [-0.25, -0.2) is 8.42 Å². The van der Waals surface area contributed by atoms with E-state index in [9.17, 15) is 8.42 Å². The molecule has 2 N–H and O–H groups in total. The van der Waals surface area contributed by atoms with Crippen molar-refractivity contribution in [3.63, 3.8) is 0 Å². The predicted octanol–water partition coefficient (Wildman–Crippen LogP) is 1.28. The second-order valence-electron chi connectivity index (χ2n) is 5.19. The highest BCUT2D eigenvalue weighted by molar-refractivity contribution is 9.10. The molecule has 0 aromatic carbocycles. The molecule has 0 radical (unpaired) electrons. The Hall–Kier alpha value is -0.400. The SMILES string of the molecule is CCn1nc(C)c(Br)c1CC(N)C1CCS(=O)(=O)C1. The summed E-state index contributed by atoms with van der Waals surface area (Å²) in [7, 11) is -2.87. The van der Waals surface area contributed by atoms with E-state index in [0.717, 1.165) is 22.4 Å². The van der Waals surface area contributed by atoms with Crippen LogP contribution < -0.4 is 5.73 Å². The molecule has 1 aliphatic rings. The van der Waals surface area contributed by atoms with E-state index >= 15 is 0 Å². The van der Waals surface area contributed by atoms with E-state index in [1.165, 1.54) is 0 Å². The van der Waals surface area contributed by atoms with Crippen LogP contribution in [0.5, 0.6) is 0 Å². The Morgan fingerprint density at radius 1 is 1.58 bits per heavy atom. The molecule has 0 spiro atoms. The van der Waals surface area contributed by atoms with Crippen LogP contribution in [-0.4, -0.2) is 35.7 Å². The first-order valence-corrected chi connectivity index (χ1v) is 9.13. The van der Waals surface area contributed by atoms with Gasteiger partial charge in [0, 0.05) is 19.0 Å². The molecule has 2 atom stereocenters. The third-order valence-corrected chi connectivity index (χ3v) is 6.58. The zero-order valence-corrected chi connectivity index (χ0v) is 13.7. The van der Waals surface area contributed by atoms with Crippen molar-refractivity contribution in [3.05, 3.63) is 15.9 Å². The highest BCUT2D eigenvalue weighted by Gasteiger charge is 2.32. The van der Waals surface area contributed by atoms with Crippen LogP contribution >= 0.6 is 15.9 Å². The van der Waals surface area contributed by atoms with Crippen molar-refractivity contribution < 1.29 is 8.42 Å². The Labute approximate surface area is 122 Å². The normalized spacial score (nSPS) is 23.7. The number of rotatable bonds is 4. The van der Waals surface area contributed by atoms with E-state index in [-0.39, 0.29) is 23.5 Å². The van der Waals surface area contributed by atoms with Gasteiger partial charge in [0.2, 0.25) is 0 Å². The van der Waals surface area contributed by atoms with Gasteiger partial charge >= 0.3 is 0 Å². The van der Waals surface area contributed by atoms with E-state index in [1.54, 1.807) is 0 Å². The third-order valence-electron chi connectivity index (χ3n) is 3.76. The fourth-order valence-electron chi connectivity index (χ4n) is 2.62. The first-order valence-electron chi connectivity index (χ1n) is 6.52. The number of sulfone groups is 1. The standard InChI is InChI=1S/C12H20BrN3O2S/c1-3-16-11(12(13)8(2)15-16)6-10(14)9-4-5-19(17,18)7-9/h9-10H,3-7,14H2,1-2H3. The minimum atomic E-state index is -2.87. The van der Waals surface area contributed by atoms with E-state index < -0.39 is 9.84 Å². The molecule has 7 heteroatoms. The lowest BCUT2D eigenvalue weighted by molar-refractivity contribution is 0.446. The summed E-state index contributed by atoms with van der Waals surface area (Å²) in [5.74, 6) is 0.571. The molecule has 0 bridgehead atoms. The fraction of sp³-hybridized carbons (Fsp3) is 0.750. The van der Waals surface area contributed by atoms with Crippen LogP contribution in [0.1, 0.15) is 24.7 Å². The second-order valence-corrected chi connectivity index (χ2v) is 8.21. The van der Waals surface area contributed by atoms with Crippen molar-refractivity contribution in [2.45, 2.75) is 39.3 Å². The molecule has 1 saturated heterocycles. The van der Waals surface area contributed by atoms with Gasteiger partial charge in [-0.2, -0.15) is 5.10 Å². The molecule has 2 rings (SSSR count). The molecule has 1 aromatic heterocycles. The molecule has 0 amide bonds. The summed E-state index contributed by atoms with van der Waals surface area (Å²) in [6.45, 7) is 4.77. The van der Waals surface area contributed by atoms with Gasteiger partial charge < -0.3 is 5.73 Å². The molecule has 19 heavy (non-hydrogen) atoms. The molecule has 108 valence electrons. The molecule has 1 aromatic rings. The molecular formula is C12H20BrN3O2S. The minimum absolute atomic E-state index is 0.0670. The van der Waals surface area contributed by atoms with E-state index in [0.29, 0.717) is 12.8 Å². The third kappa shape index (κ3) is 3.20. The first-order chi connectivity index (χ1) is 8.84. The second kappa shape index (κ2) is 5.54. The summed E-state index contributed by atoms with van der Waals surface area (Å²) in [5.41, 5.74) is 8.22. The lowest BCUT2D eigenvalue weighted by Crippen LogP contribution is -2.34. The van der Waals surface area contributed by atoms with Gasteiger partial charge in [0.25, 0.3) is 0 Å². The van der Waals surface area contributed by atoms with Crippen LogP contribution in [0.2, 0.25) is 0 Å². The first kappa shape index (κ1) is 15.0. The monoisotopic (exact) mass is 349 g/mol. The van der Waals surface area contributed by atoms with Crippen LogP contribution in [0.15, 0.2) is 4.47 Å². The maximum absolute atomic E-state index is 11.5. The average molecular weight is 350 g/mol. The molecular weight excluding hydrogens is 330 g/mol. The Bertz CT molecular complexity index is 568. The predicted molar refractivity (Wildman–Crippen MR) is 78.8 cm³/mol. The van der Waals surface area contributed by atoms with Crippen LogP contribution in [0.25, 0.3) is 0 Å². The van der Waals surface area contributed by atoms with Crippen molar-refractivity contribution in [1.82, 2.24) is 9.78 Å². The van der Waals surface area contributed by atoms with E-state index in [4.69, 9.17) is 5.73 Å². The summed E-state index contributed by atoms with van der Waals surface area (Å²) in [4.78, 5) is 0. The summed E-state index contributed by atoms with van der Waals surface area (Å²) >= 11 is 3.54. The number of halogens is 1. The van der Waals surface area contributed by atoms with Gasteiger partial charge in [-0.1, -0.05) is 0 Å². The van der Waals surface area contributed by atoms with Gasteiger partial charge in [-0.3, -0.25) is 4.68 Å². The molecule has 0 aliphatic carbocycles. The van der Waals surface area contributed by atoms with Crippen molar-refractivity contribution in [1.29, 1.82) is 0 Å². The van der Waals surface area contributed by atoms with E-state index in [1.807, 2.05) is 18.5 Å². The Morgan fingerprint density at radius 2 is 2.26 bits per heavy atom. The average Bonchev–Trinajstić information content (AvgIpc) is 2.83. The summed E-state index contributed by atoms with van der Waals surface area (Å²) < 4.78 is 25.9. The summed E-state index contributed by atoms with van der Waals surface area (Å²) in [6.07, 6.45) is 1.34. The van der Waals surface area contributed by atoms with E-state index in [2.05, 4.69) is 21.0 Å². The number of hydrogen-bond donors (Lipinski definition) is 1. The van der Waals surface area contributed by atoms with Crippen LogP contribution in [0.4, 0.5) is 0 Å². The topological polar surface area (TPSA) is 78.0 Å². The number of hydrogen-bond acceptors (Lipinski definition) is 4. The Kier molecular flexibility index (Phi) is 4.37. The quantitative estimate of drug-likeness (QED) is 0.887. The van der Waals surface area contributed by atoms with Gasteiger partial charge in [-0.15, -0.1) is 0 Å². The molecule has 2 heterocycles. The molecule has 2 unspecified atom stereocenters. The Morgan fingerprint density at radius 3 is 2.79 bits per heavy atom. The molecule has 1 aliphatic heterocycles. The van der Waals surface area contributed by atoms with Crippen molar-refractivity contribution in [2.24, 2.45) is 11.7 Å². The maximum Gasteiger partial charge on any atom is 0.150 e. The highest BCUT2D eigenvalue weighted by Crippen LogP contribution is 2.27. The van der Waals surface area contributed by atoms with Gasteiger partial charge in [0.05, 0.1) is 27.4 Å². The van der Waals surface area contributed by atoms with Gasteiger partial charge in [-0.05, 0) is 42.1 Å². The van der Waals surface area contributed by atoms with Crippen LogP contribution in [-0.2, 0) is 22.8 Å².